The van der Waals surface area contributed by atoms with Gasteiger partial charge in [0.05, 0.1) is 5.69 Å². The lowest BCUT2D eigenvalue weighted by Gasteiger charge is -2.30. The first-order chi connectivity index (χ1) is 11.9. The normalized spacial score (nSPS) is 18.2. The molecule has 1 aliphatic carbocycles. The third-order valence-electron chi connectivity index (χ3n) is 5.01. The van der Waals surface area contributed by atoms with Crippen LogP contribution < -0.4 is 4.90 Å². The van der Waals surface area contributed by atoms with E-state index in [0.717, 1.165) is 48.8 Å². The summed E-state index contributed by atoms with van der Waals surface area (Å²) >= 11 is 0. The van der Waals surface area contributed by atoms with Crippen LogP contribution in [0.5, 0.6) is 0 Å². The van der Waals surface area contributed by atoms with Gasteiger partial charge in [0, 0.05) is 23.7 Å². The molecule has 0 amide bonds. The van der Waals surface area contributed by atoms with Crippen molar-refractivity contribution in [2.75, 3.05) is 11.4 Å². The van der Waals surface area contributed by atoms with E-state index in [1.165, 1.54) is 11.3 Å². The molecule has 2 aliphatic heterocycles. The van der Waals surface area contributed by atoms with Crippen molar-refractivity contribution < 1.29 is 4.52 Å². The van der Waals surface area contributed by atoms with Gasteiger partial charge in [0.2, 0.25) is 0 Å². The monoisotopic (exact) mass is 317 g/mol. The summed E-state index contributed by atoms with van der Waals surface area (Å²) in [6.07, 6.45) is 7.51. The molecule has 1 fully saturated rings. The summed E-state index contributed by atoms with van der Waals surface area (Å²) in [6.45, 7) is 0.950. The first-order valence-corrected chi connectivity index (χ1v) is 8.39. The zero-order valence-corrected chi connectivity index (χ0v) is 13.0. The van der Waals surface area contributed by atoms with Gasteiger partial charge in [-0.25, -0.2) is 4.98 Å². The number of rotatable bonds is 2. The van der Waals surface area contributed by atoms with Gasteiger partial charge in [-0.05, 0) is 25.3 Å². The van der Waals surface area contributed by atoms with Crippen molar-refractivity contribution in [3.63, 3.8) is 0 Å². The predicted molar refractivity (Wildman–Crippen MR) is 88.8 cm³/mol. The molecule has 3 aromatic rings. The van der Waals surface area contributed by atoms with Crippen molar-refractivity contribution in [3.05, 3.63) is 48.1 Å². The zero-order valence-electron chi connectivity index (χ0n) is 13.0. The molecule has 0 unspecified atom stereocenters. The molecule has 4 heterocycles. The molecular weight excluding hydrogens is 302 g/mol. The number of benzene rings is 1. The fourth-order valence-electron chi connectivity index (χ4n) is 3.70. The van der Waals surface area contributed by atoms with Gasteiger partial charge in [-0.2, -0.15) is 4.98 Å². The second-order valence-corrected chi connectivity index (χ2v) is 6.57. The van der Waals surface area contributed by atoms with Crippen LogP contribution in [0, 0.1) is 0 Å². The highest BCUT2D eigenvalue weighted by Crippen LogP contribution is 2.45. The van der Waals surface area contributed by atoms with Crippen LogP contribution in [0.15, 0.2) is 41.2 Å². The standard InChI is InChI=1S/C18H15N5O/c1-2-5-14-12(4-1)13-6-3-9-22(13)18-15(19-10-23(14)18)17-20-16(21-24-17)11-7-8-11/h1-2,4-6,10-11H,3,7-9H2. The predicted octanol–water partition coefficient (Wildman–Crippen LogP) is 3.36. The largest absolute Gasteiger partial charge is 0.332 e. The molecule has 2 aromatic heterocycles. The van der Waals surface area contributed by atoms with Crippen molar-refractivity contribution in [3.8, 4) is 17.3 Å². The van der Waals surface area contributed by atoms with Gasteiger partial charge in [-0.3, -0.25) is 4.57 Å². The number of anilines is 1. The van der Waals surface area contributed by atoms with E-state index < -0.39 is 0 Å². The SMILES string of the molecule is C1=C2c3ccccc3-n3cnc(-c4nc(C5CC5)no4)c3N2CC1. The summed E-state index contributed by atoms with van der Waals surface area (Å²) < 4.78 is 7.66. The maximum absolute atomic E-state index is 5.53. The molecule has 1 aromatic carbocycles. The molecule has 6 nitrogen and oxygen atoms in total. The average Bonchev–Trinajstić information content (AvgIpc) is 3.05. The Morgan fingerprint density at radius 2 is 2.08 bits per heavy atom. The lowest BCUT2D eigenvalue weighted by molar-refractivity contribution is 0.421. The molecule has 6 rings (SSSR count). The van der Waals surface area contributed by atoms with Crippen LogP contribution in [0.2, 0.25) is 0 Å². The molecule has 3 aliphatic rings. The van der Waals surface area contributed by atoms with Crippen molar-refractivity contribution in [1.29, 1.82) is 0 Å². The summed E-state index contributed by atoms with van der Waals surface area (Å²) in [5, 5.41) is 4.14. The molecular formula is C18H15N5O. The van der Waals surface area contributed by atoms with Crippen molar-refractivity contribution in [1.82, 2.24) is 19.7 Å². The fourth-order valence-corrected chi connectivity index (χ4v) is 3.70. The molecule has 0 N–H and O–H groups in total. The number of hydrogen-bond donors (Lipinski definition) is 0. The molecule has 0 atom stereocenters. The Bertz CT molecular complexity index is 995. The summed E-state index contributed by atoms with van der Waals surface area (Å²) in [6, 6.07) is 8.44. The second-order valence-electron chi connectivity index (χ2n) is 6.57. The Labute approximate surface area is 138 Å². The van der Waals surface area contributed by atoms with Crippen LogP contribution in [0.3, 0.4) is 0 Å². The first kappa shape index (κ1) is 12.5. The second kappa shape index (κ2) is 4.35. The van der Waals surface area contributed by atoms with Crippen molar-refractivity contribution >= 4 is 11.5 Å². The number of imidazole rings is 1. The number of hydrogen-bond acceptors (Lipinski definition) is 5. The summed E-state index contributed by atoms with van der Waals surface area (Å²) in [7, 11) is 0. The highest BCUT2D eigenvalue weighted by atomic mass is 16.5. The Morgan fingerprint density at radius 1 is 1.17 bits per heavy atom. The van der Waals surface area contributed by atoms with Gasteiger partial charge in [-0.15, -0.1) is 0 Å². The lowest BCUT2D eigenvalue weighted by Crippen LogP contribution is -2.25. The molecule has 0 radical (unpaired) electrons. The minimum Gasteiger partial charge on any atom is -0.332 e. The molecule has 24 heavy (non-hydrogen) atoms. The Balaban J connectivity index is 1.57. The summed E-state index contributed by atoms with van der Waals surface area (Å²) in [5.74, 6) is 2.85. The van der Waals surface area contributed by atoms with E-state index in [1.807, 2.05) is 6.33 Å². The molecule has 0 spiro atoms. The van der Waals surface area contributed by atoms with E-state index in [-0.39, 0.29) is 0 Å². The van der Waals surface area contributed by atoms with Crippen LogP contribution in [-0.2, 0) is 0 Å². The van der Waals surface area contributed by atoms with E-state index in [9.17, 15) is 0 Å². The van der Waals surface area contributed by atoms with Crippen LogP contribution in [0.1, 0.15) is 36.6 Å². The zero-order chi connectivity index (χ0) is 15.7. The summed E-state index contributed by atoms with van der Waals surface area (Å²) in [5.41, 5.74) is 4.42. The Kier molecular flexibility index (Phi) is 2.27. The summed E-state index contributed by atoms with van der Waals surface area (Å²) in [4.78, 5) is 11.5. The smallest absolute Gasteiger partial charge is 0.280 e. The van der Waals surface area contributed by atoms with E-state index in [2.05, 4.69) is 54.9 Å². The third-order valence-corrected chi connectivity index (χ3v) is 5.01. The molecule has 1 saturated carbocycles. The highest BCUT2D eigenvalue weighted by molar-refractivity contribution is 5.91. The number of fused-ring (bicyclic) bond motifs is 6. The Hall–Kier alpha value is -2.89. The maximum atomic E-state index is 5.53. The van der Waals surface area contributed by atoms with E-state index in [1.54, 1.807) is 0 Å². The van der Waals surface area contributed by atoms with Gasteiger partial charge in [0.1, 0.15) is 6.33 Å². The molecule has 6 heteroatoms. The van der Waals surface area contributed by atoms with E-state index in [0.29, 0.717) is 11.8 Å². The minimum absolute atomic E-state index is 0.476. The molecule has 0 bridgehead atoms. The van der Waals surface area contributed by atoms with Gasteiger partial charge >= 0.3 is 0 Å². The van der Waals surface area contributed by atoms with Crippen LogP contribution in [0.4, 0.5) is 5.82 Å². The van der Waals surface area contributed by atoms with Gasteiger partial charge < -0.3 is 9.42 Å². The van der Waals surface area contributed by atoms with Crippen molar-refractivity contribution in [2.45, 2.75) is 25.2 Å². The van der Waals surface area contributed by atoms with Gasteiger partial charge in [-0.1, -0.05) is 29.4 Å². The van der Waals surface area contributed by atoms with Gasteiger partial charge in [0.25, 0.3) is 5.89 Å². The minimum atomic E-state index is 0.476. The molecule has 118 valence electrons. The van der Waals surface area contributed by atoms with E-state index >= 15 is 0 Å². The van der Waals surface area contributed by atoms with Crippen LogP contribution in [0.25, 0.3) is 23.0 Å². The Morgan fingerprint density at radius 3 is 3.00 bits per heavy atom. The van der Waals surface area contributed by atoms with Gasteiger partial charge in [0.15, 0.2) is 17.3 Å². The number of aromatic nitrogens is 4. The number of nitrogens with zero attached hydrogens (tertiary/aromatic N) is 5. The van der Waals surface area contributed by atoms with E-state index in [4.69, 9.17) is 4.52 Å². The number of para-hydroxylation sites is 1. The van der Waals surface area contributed by atoms with Crippen LogP contribution >= 0.6 is 0 Å². The lowest BCUT2D eigenvalue weighted by atomic mass is 10.1. The highest BCUT2D eigenvalue weighted by Gasteiger charge is 2.35. The third kappa shape index (κ3) is 1.57. The first-order valence-electron chi connectivity index (χ1n) is 8.39. The van der Waals surface area contributed by atoms with Crippen LogP contribution in [-0.4, -0.2) is 26.2 Å². The molecule has 0 saturated heterocycles. The average molecular weight is 317 g/mol. The van der Waals surface area contributed by atoms with Crippen molar-refractivity contribution in [2.24, 2.45) is 0 Å². The topological polar surface area (TPSA) is 60.0 Å². The maximum Gasteiger partial charge on any atom is 0.280 e. The fraction of sp³-hybridized carbons (Fsp3) is 0.278. The quantitative estimate of drug-likeness (QED) is 0.725.